The van der Waals surface area contributed by atoms with Gasteiger partial charge in [-0.2, -0.15) is 0 Å². The van der Waals surface area contributed by atoms with E-state index < -0.39 is 8.80 Å². The van der Waals surface area contributed by atoms with E-state index in [1.54, 1.807) is 0 Å². The van der Waals surface area contributed by atoms with Gasteiger partial charge in [0.15, 0.2) is 0 Å². The van der Waals surface area contributed by atoms with Crippen molar-refractivity contribution in [3.63, 3.8) is 0 Å². The van der Waals surface area contributed by atoms with Gasteiger partial charge in [-0.3, -0.25) is 0 Å². The minimum absolute atomic E-state index is 0.107. The molecule has 0 aromatic carbocycles. The van der Waals surface area contributed by atoms with Crippen LogP contribution in [0, 0.1) is 0 Å². The van der Waals surface area contributed by atoms with E-state index in [-0.39, 0.29) is 6.03 Å². The summed E-state index contributed by atoms with van der Waals surface area (Å²) >= 11 is 0. The van der Waals surface area contributed by atoms with Gasteiger partial charge in [0.25, 0.3) is 0 Å². The number of nitrogens with zero attached hydrogens (tertiary/aromatic N) is 2. The van der Waals surface area contributed by atoms with Crippen molar-refractivity contribution in [1.82, 2.24) is 20.4 Å². The van der Waals surface area contributed by atoms with Crippen LogP contribution in [0.4, 0.5) is 4.79 Å². The molecule has 0 bridgehead atoms. The summed E-state index contributed by atoms with van der Waals surface area (Å²) in [7, 11) is -0.444. The summed E-state index contributed by atoms with van der Waals surface area (Å²) < 4.78 is 17.5. The first-order valence-corrected chi connectivity index (χ1v) is 12.3. The predicted molar refractivity (Wildman–Crippen MR) is 110 cm³/mol. The van der Waals surface area contributed by atoms with Crippen LogP contribution in [0.3, 0.4) is 0 Å². The van der Waals surface area contributed by atoms with Crippen LogP contribution in [0.2, 0.25) is 6.04 Å². The van der Waals surface area contributed by atoms with Crippen LogP contribution in [-0.4, -0.2) is 97.3 Å². The third-order valence-corrected chi connectivity index (χ3v) is 7.72. The second-order valence-electron chi connectivity index (χ2n) is 6.77. The summed E-state index contributed by atoms with van der Waals surface area (Å²) in [5.74, 6) is 0. The highest BCUT2D eigenvalue weighted by atomic mass is 28.4. The zero-order valence-corrected chi connectivity index (χ0v) is 18.7. The lowest BCUT2D eigenvalue weighted by molar-refractivity contribution is 0.0708. The Labute approximate surface area is 166 Å². The molecule has 27 heavy (non-hydrogen) atoms. The van der Waals surface area contributed by atoms with Crippen molar-refractivity contribution >= 4 is 14.8 Å². The summed E-state index contributed by atoms with van der Waals surface area (Å²) in [6.45, 7) is 14.4. The maximum atomic E-state index is 11.9. The molecule has 0 aromatic rings. The maximum absolute atomic E-state index is 11.9. The molecule has 0 spiro atoms. The molecular weight excluding hydrogens is 364 g/mol. The van der Waals surface area contributed by atoms with Crippen LogP contribution in [0.1, 0.15) is 33.6 Å². The van der Waals surface area contributed by atoms with E-state index in [0.29, 0.717) is 39.0 Å². The Hall–Kier alpha value is -0.713. The number of hydrogen-bond acceptors (Lipinski definition) is 6. The molecule has 0 radical (unpaired) electrons. The van der Waals surface area contributed by atoms with Crippen molar-refractivity contribution in [3.05, 3.63) is 0 Å². The average molecular weight is 405 g/mol. The molecule has 1 aliphatic heterocycles. The molecule has 0 unspecified atom stereocenters. The van der Waals surface area contributed by atoms with Gasteiger partial charge >= 0.3 is 14.8 Å². The molecule has 8 nitrogen and oxygen atoms in total. The Morgan fingerprint density at radius 3 is 1.93 bits per heavy atom. The van der Waals surface area contributed by atoms with E-state index in [9.17, 15) is 4.79 Å². The second-order valence-corrected chi connectivity index (χ2v) is 9.50. The SMILES string of the molecule is CCO[Si](CCCNC(=O)NCCCN1CCN(C)CC1)(OCC)OCC. The van der Waals surface area contributed by atoms with Gasteiger partial charge in [0.2, 0.25) is 0 Å². The van der Waals surface area contributed by atoms with Gasteiger partial charge in [0, 0.05) is 65.1 Å². The first-order chi connectivity index (χ1) is 13.0. The van der Waals surface area contributed by atoms with Gasteiger partial charge in [0.05, 0.1) is 0 Å². The molecule has 9 heteroatoms. The van der Waals surface area contributed by atoms with E-state index in [2.05, 4.69) is 27.5 Å². The van der Waals surface area contributed by atoms with Gasteiger partial charge in [-0.1, -0.05) is 0 Å². The van der Waals surface area contributed by atoms with Crippen molar-refractivity contribution in [2.75, 3.05) is 72.7 Å². The molecule has 0 aromatic heterocycles. The number of likely N-dealkylation sites (N-methyl/N-ethyl adjacent to an activating group) is 1. The summed E-state index contributed by atoms with van der Waals surface area (Å²) in [6, 6.07) is 0.608. The van der Waals surface area contributed by atoms with Crippen molar-refractivity contribution in [3.8, 4) is 0 Å². The van der Waals surface area contributed by atoms with E-state index in [1.165, 1.54) is 0 Å². The van der Waals surface area contributed by atoms with Crippen molar-refractivity contribution in [2.24, 2.45) is 0 Å². The van der Waals surface area contributed by atoms with E-state index >= 15 is 0 Å². The third-order valence-electron chi connectivity index (χ3n) is 4.57. The number of nitrogens with one attached hydrogen (secondary N) is 2. The van der Waals surface area contributed by atoms with Crippen LogP contribution in [-0.2, 0) is 13.3 Å². The number of urea groups is 1. The Morgan fingerprint density at radius 1 is 0.889 bits per heavy atom. The molecule has 1 fully saturated rings. The van der Waals surface area contributed by atoms with E-state index in [0.717, 1.165) is 45.6 Å². The lowest BCUT2D eigenvalue weighted by Gasteiger charge is -2.32. The minimum atomic E-state index is -2.60. The fourth-order valence-corrected chi connectivity index (χ4v) is 5.76. The number of carbonyl (C=O) groups is 1. The highest BCUT2D eigenvalue weighted by Crippen LogP contribution is 2.17. The molecule has 1 saturated heterocycles. The fourth-order valence-electron chi connectivity index (χ4n) is 3.15. The Balaban J connectivity index is 2.12. The van der Waals surface area contributed by atoms with Crippen molar-refractivity contribution in [1.29, 1.82) is 0 Å². The first-order valence-electron chi connectivity index (χ1n) is 10.4. The highest BCUT2D eigenvalue weighted by Gasteiger charge is 2.39. The molecule has 0 saturated carbocycles. The van der Waals surface area contributed by atoms with Crippen LogP contribution in [0.15, 0.2) is 0 Å². The van der Waals surface area contributed by atoms with E-state index in [4.69, 9.17) is 13.3 Å². The van der Waals surface area contributed by atoms with E-state index in [1.807, 2.05) is 20.8 Å². The molecule has 1 heterocycles. The fraction of sp³-hybridized carbons (Fsp3) is 0.944. The van der Waals surface area contributed by atoms with Crippen molar-refractivity contribution in [2.45, 2.75) is 39.7 Å². The summed E-state index contributed by atoms with van der Waals surface area (Å²) in [5.41, 5.74) is 0. The number of hydrogen-bond donors (Lipinski definition) is 2. The molecule has 1 aliphatic rings. The molecule has 0 aliphatic carbocycles. The first kappa shape index (κ1) is 24.3. The molecule has 1 rings (SSSR count). The monoisotopic (exact) mass is 404 g/mol. The minimum Gasteiger partial charge on any atom is -0.374 e. The number of amides is 2. The Morgan fingerprint density at radius 2 is 1.41 bits per heavy atom. The van der Waals surface area contributed by atoms with Crippen LogP contribution < -0.4 is 10.6 Å². The third kappa shape index (κ3) is 10.4. The largest absolute Gasteiger partial charge is 0.500 e. The lowest BCUT2D eigenvalue weighted by atomic mass is 10.3. The zero-order valence-electron chi connectivity index (χ0n) is 17.7. The van der Waals surface area contributed by atoms with Gasteiger partial charge in [-0.05, 0) is 47.2 Å². The normalized spacial score (nSPS) is 16.4. The number of piperazine rings is 1. The second kappa shape index (κ2) is 14.3. The number of rotatable bonds is 14. The van der Waals surface area contributed by atoms with Crippen LogP contribution in [0.25, 0.3) is 0 Å². The summed E-state index contributed by atoms with van der Waals surface area (Å²) in [4.78, 5) is 16.7. The Kier molecular flexibility index (Phi) is 12.9. The Bertz CT molecular complexity index is 379. The predicted octanol–water partition coefficient (Wildman–Crippen LogP) is 1.36. The van der Waals surface area contributed by atoms with Crippen molar-refractivity contribution < 1.29 is 18.1 Å². The smallest absolute Gasteiger partial charge is 0.374 e. The summed E-state index contributed by atoms with van der Waals surface area (Å²) in [6.07, 6.45) is 1.76. The number of carbonyl (C=O) groups excluding carboxylic acids is 1. The topological polar surface area (TPSA) is 75.3 Å². The summed E-state index contributed by atoms with van der Waals surface area (Å²) in [5, 5.41) is 5.85. The lowest BCUT2D eigenvalue weighted by Crippen LogP contribution is -2.47. The van der Waals surface area contributed by atoms with Gasteiger partial charge in [-0.25, -0.2) is 4.79 Å². The van der Waals surface area contributed by atoms with Gasteiger partial charge < -0.3 is 33.7 Å². The molecule has 0 atom stereocenters. The molecule has 2 N–H and O–H groups in total. The molecule has 160 valence electrons. The van der Waals surface area contributed by atoms with Crippen LogP contribution >= 0.6 is 0 Å². The zero-order chi connectivity index (χ0) is 20.0. The quantitative estimate of drug-likeness (QED) is 0.336. The van der Waals surface area contributed by atoms with Gasteiger partial charge in [0.1, 0.15) is 0 Å². The molecular formula is C18H40N4O4Si. The van der Waals surface area contributed by atoms with Crippen LogP contribution in [0.5, 0.6) is 0 Å². The van der Waals surface area contributed by atoms with Gasteiger partial charge in [-0.15, -0.1) is 0 Å². The average Bonchev–Trinajstić information content (AvgIpc) is 2.64. The highest BCUT2D eigenvalue weighted by molar-refractivity contribution is 6.60. The maximum Gasteiger partial charge on any atom is 0.500 e. The molecule has 2 amide bonds. The standard InChI is InChI=1S/C18H40N4O4Si/c1-5-24-27(25-6-2,26-7-3)17-9-11-20-18(23)19-10-8-12-22-15-13-21(4)14-16-22/h5-17H2,1-4H3,(H2,19,20,23).